The first-order valence-electron chi connectivity index (χ1n) is 6.05. The van der Waals surface area contributed by atoms with E-state index in [4.69, 9.17) is 29.6 Å². The fourth-order valence-electron chi connectivity index (χ4n) is 1.75. The summed E-state index contributed by atoms with van der Waals surface area (Å²) < 4.78 is 0. The number of thiocarbonyl (C=S) groups is 1. The molecule has 4 heteroatoms. The number of benzene rings is 2. The predicted octanol–water partition coefficient (Wildman–Crippen LogP) is 4.28. The summed E-state index contributed by atoms with van der Waals surface area (Å²) in [6.07, 6.45) is 1.03. The van der Waals surface area contributed by atoms with Crippen LogP contribution in [-0.2, 0) is 6.42 Å². The molecule has 0 saturated heterocycles. The van der Waals surface area contributed by atoms with Crippen molar-refractivity contribution in [1.82, 2.24) is 0 Å². The number of anilines is 2. The zero-order valence-corrected chi connectivity index (χ0v) is 12.2. The van der Waals surface area contributed by atoms with Crippen molar-refractivity contribution >= 4 is 40.2 Å². The lowest BCUT2D eigenvalue weighted by atomic mass is 10.1. The topological polar surface area (TPSA) is 38.0 Å². The highest BCUT2D eigenvalue weighted by Gasteiger charge is 2.04. The second-order valence-electron chi connectivity index (χ2n) is 4.23. The molecule has 0 aliphatic rings. The summed E-state index contributed by atoms with van der Waals surface area (Å²) in [6, 6.07) is 13.8. The highest BCUT2D eigenvalue weighted by Crippen LogP contribution is 2.26. The van der Waals surface area contributed by atoms with E-state index in [1.54, 1.807) is 6.07 Å². The van der Waals surface area contributed by atoms with E-state index in [2.05, 4.69) is 24.4 Å². The van der Waals surface area contributed by atoms with Crippen LogP contribution in [0.3, 0.4) is 0 Å². The van der Waals surface area contributed by atoms with Crippen LogP contribution in [0.5, 0.6) is 0 Å². The van der Waals surface area contributed by atoms with Crippen LogP contribution < -0.4 is 11.1 Å². The van der Waals surface area contributed by atoms with Gasteiger partial charge in [0.25, 0.3) is 0 Å². The normalized spacial score (nSPS) is 10.2. The average Bonchev–Trinajstić information content (AvgIpc) is 2.41. The molecule has 0 spiro atoms. The molecule has 98 valence electrons. The lowest BCUT2D eigenvalue weighted by Gasteiger charge is -2.10. The van der Waals surface area contributed by atoms with Gasteiger partial charge in [-0.05, 0) is 42.3 Å². The smallest absolute Gasteiger partial charge is 0.104 e. The third kappa shape index (κ3) is 3.46. The minimum atomic E-state index is 0.348. The molecule has 0 heterocycles. The van der Waals surface area contributed by atoms with Gasteiger partial charge in [0.05, 0.1) is 10.7 Å². The molecule has 2 aromatic carbocycles. The van der Waals surface area contributed by atoms with E-state index >= 15 is 0 Å². The van der Waals surface area contributed by atoms with Gasteiger partial charge in [-0.1, -0.05) is 42.9 Å². The average molecular weight is 291 g/mol. The van der Waals surface area contributed by atoms with Crippen molar-refractivity contribution in [2.45, 2.75) is 13.3 Å². The van der Waals surface area contributed by atoms with Gasteiger partial charge in [-0.25, -0.2) is 0 Å². The monoisotopic (exact) mass is 290 g/mol. The quantitative estimate of drug-likeness (QED) is 0.826. The van der Waals surface area contributed by atoms with Crippen molar-refractivity contribution in [3.63, 3.8) is 0 Å². The van der Waals surface area contributed by atoms with Crippen molar-refractivity contribution in [3.8, 4) is 0 Å². The molecule has 0 amide bonds. The van der Waals surface area contributed by atoms with Crippen molar-refractivity contribution in [3.05, 3.63) is 58.6 Å². The third-order valence-electron chi connectivity index (χ3n) is 2.89. The van der Waals surface area contributed by atoms with Crippen LogP contribution in [0.1, 0.15) is 18.1 Å². The molecule has 0 atom stereocenters. The molecule has 3 N–H and O–H groups in total. The summed E-state index contributed by atoms with van der Waals surface area (Å²) in [5, 5.41) is 3.88. The molecule has 0 aliphatic carbocycles. The molecule has 2 aromatic rings. The first kappa shape index (κ1) is 13.8. The molecule has 0 bridgehead atoms. The maximum Gasteiger partial charge on any atom is 0.104 e. The second kappa shape index (κ2) is 6.04. The van der Waals surface area contributed by atoms with Gasteiger partial charge in [0.1, 0.15) is 4.99 Å². The van der Waals surface area contributed by atoms with Gasteiger partial charge in [0, 0.05) is 11.3 Å². The van der Waals surface area contributed by atoms with Crippen molar-refractivity contribution in [1.29, 1.82) is 0 Å². The Morgan fingerprint density at radius 1 is 1.21 bits per heavy atom. The van der Waals surface area contributed by atoms with Crippen LogP contribution >= 0.6 is 23.8 Å². The minimum Gasteiger partial charge on any atom is -0.389 e. The molecule has 0 aliphatic heterocycles. The van der Waals surface area contributed by atoms with Gasteiger partial charge < -0.3 is 11.1 Å². The first-order chi connectivity index (χ1) is 9.10. The second-order valence-corrected chi connectivity index (χ2v) is 5.08. The molecule has 0 fully saturated rings. The van der Waals surface area contributed by atoms with E-state index in [1.807, 2.05) is 24.3 Å². The van der Waals surface area contributed by atoms with Crippen LogP contribution in [0.25, 0.3) is 0 Å². The van der Waals surface area contributed by atoms with Crippen LogP contribution in [0.4, 0.5) is 11.4 Å². The summed E-state index contributed by atoms with van der Waals surface area (Å²) >= 11 is 11.1. The molecule has 0 saturated carbocycles. The Labute approximate surface area is 123 Å². The molecule has 0 aromatic heterocycles. The molecular weight excluding hydrogens is 276 g/mol. The fourth-order valence-corrected chi connectivity index (χ4v) is 2.10. The van der Waals surface area contributed by atoms with Gasteiger partial charge in [0.15, 0.2) is 0 Å². The minimum absolute atomic E-state index is 0.348. The van der Waals surface area contributed by atoms with Crippen LogP contribution in [0.15, 0.2) is 42.5 Å². The lowest BCUT2D eigenvalue weighted by Crippen LogP contribution is -2.09. The van der Waals surface area contributed by atoms with E-state index in [-0.39, 0.29) is 0 Å². The number of halogens is 1. The van der Waals surface area contributed by atoms with E-state index in [0.717, 1.165) is 23.4 Å². The first-order valence-corrected chi connectivity index (χ1v) is 6.84. The molecule has 0 radical (unpaired) electrons. The standard InChI is InChI=1S/C15H15ClN2S/c1-2-10-3-6-12(7-4-10)18-14-8-5-11(15(17)19)9-13(14)16/h3-9,18H,2H2,1H3,(H2,17,19). The molecule has 2 rings (SSSR count). The van der Waals surface area contributed by atoms with Crippen molar-refractivity contribution in [2.24, 2.45) is 5.73 Å². The SMILES string of the molecule is CCc1ccc(Nc2ccc(C(N)=S)cc2Cl)cc1. The van der Waals surface area contributed by atoms with Crippen molar-refractivity contribution in [2.75, 3.05) is 5.32 Å². The van der Waals surface area contributed by atoms with Crippen LogP contribution in [-0.4, -0.2) is 4.99 Å². The van der Waals surface area contributed by atoms with Gasteiger partial charge in [-0.2, -0.15) is 0 Å². The number of hydrogen-bond donors (Lipinski definition) is 2. The maximum atomic E-state index is 6.20. The Kier molecular flexibility index (Phi) is 4.40. The summed E-state index contributed by atoms with van der Waals surface area (Å²) in [5.41, 5.74) is 9.49. The van der Waals surface area contributed by atoms with Gasteiger partial charge in [0.2, 0.25) is 0 Å². The summed E-state index contributed by atoms with van der Waals surface area (Å²) in [5.74, 6) is 0. The molecule has 19 heavy (non-hydrogen) atoms. The van der Waals surface area contributed by atoms with Crippen LogP contribution in [0, 0.1) is 0 Å². The Bertz CT molecular complexity index is 594. The lowest BCUT2D eigenvalue weighted by molar-refractivity contribution is 1.14. The third-order valence-corrected chi connectivity index (χ3v) is 3.44. The van der Waals surface area contributed by atoms with E-state index in [9.17, 15) is 0 Å². The zero-order valence-electron chi connectivity index (χ0n) is 10.6. The Morgan fingerprint density at radius 3 is 2.42 bits per heavy atom. The largest absolute Gasteiger partial charge is 0.389 e. The number of hydrogen-bond acceptors (Lipinski definition) is 2. The number of rotatable bonds is 4. The Morgan fingerprint density at radius 2 is 1.89 bits per heavy atom. The predicted molar refractivity (Wildman–Crippen MR) is 86.4 cm³/mol. The van der Waals surface area contributed by atoms with Gasteiger partial charge >= 0.3 is 0 Å². The van der Waals surface area contributed by atoms with E-state index < -0.39 is 0 Å². The number of nitrogens with two attached hydrogens (primary N) is 1. The highest BCUT2D eigenvalue weighted by molar-refractivity contribution is 7.80. The van der Waals surface area contributed by atoms with Crippen molar-refractivity contribution < 1.29 is 0 Å². The summed E-state index contributed by atoms with van der Waals surface area (Å²) in [6.45, 7) is 2.13. The van der Waals surface area contributed by atoms with Crippen LogP contribution in [0.2, 0.25) is 5.02 Å². The van der Waals surface area contributed by atoms with E-state index in [1.165, 1.54) is 5.56 Å². The fraction of sp³-hybridized carbons (Fsp3) is 0.133. The van der Waals surface area contributed by atoms with Gasteiger partial charge in [-0.3, -0.25) is 0 Å². The molecule has 0 unspecified atom stereocenters. The maximum absolute atomic E-state index is 6.20. The van der Waals surface area contributed by atoms with Gasteiger partial charge in [-0.15, -0.1) is 0 Å². The Hall–Kier alpha value is -1.58. The number of aryl methyl sites for hydroxylation is 1. The summed E-state index contributed by atoms with van der Waals surface area (Å²) in [7, 11) is 0. The zero-order chi connectivity index (χ0) is 13.8. The molecular formula is C15H15ClN2S. The highest BCUT2D eigenvalue weighted by atomic mass is 35.5. The Balaban J connectivity index is 2.20. The molecule has 2 nitrogen and oxygen atoms in total. The summed E-state index contributed by atoms with van der Waals surface area (Å²) in [4.78, 5) is 0.348. The number of nitrogens with one attached hydrogen (secondary N) is 1. The van der Waals surface area contributed by atoms with E-state index in [0.29, 0.717) is 10.0 Å².